The van der Waals surface area contributed by atoms with Crippen molar-refractivity contribution in [3.63, 3.8) is 0 Å². The first-order valence-corrected chi connectivity index (χ1v) is 5.76. The molecule has 0 aliphatic carbocycles. The largest absolute Gasteiger partial charge is 0.338 e. The molecule has 0 saturated heterocycles. The Kier molecular flexibility index (Phi) is 3.59. The second kappa shape index (κ2) is 4.98. The number of nitrogens with one attached hydrogen (secondary N) is 1. The van der Waals surface area contributed by atoms with Gasteiger partial charge in [0.15, 0.2) is 0 Å². The first-order chi connectivity index (χ1) is 8.06. The highest BCUT2D eigenvalue weighted by molar-refractivity contribution is 9.10. The van der Waals surface area contributed by atoms with Crippen LogP contribution in [0.2, 0.25) is 5.02 Å². The summed E-state index contributed by atoms with van der Waals surface area (Å²) in [6.07, 6.45) is 1.41. The second-order valence-corrected chi connectivity index (χ2v) is 4.52. The highest BCUT2D eigenvalue weighted by atomic mass is 79.9. The highest BCUT2D eigenvalue weighted by Crippen LogP contribution is 2.25. The number of benzene rings is 1. The average Bonchev–Trinajstić information content (AvgIpc) is 2.29. The average molecular weight is 320 g/mol. The standard InChI is InChI=1S/C11H6BrClF2N2/c12-7-3-9(15)10(4-8(7)14)17-11-2-1-6(13)5-16-11/h1-5H,(H,16,17). The van der Waals surface area contributed by atoms with Crippen molar-refractivity contribution in [1.29, 1.82) is 0 Å². The van der Waals surface area contributed by atoms with Crippen molar-refractivity contribution in [2.45, 2.75) is 0 Å². The van der Waals surface area contributed by atoms with E-state index in [4.69, 9.17) is 11.6 Å². The maximum absolute atomic E-state index is 13.5. The van der Waals surface area contributed by atoms with Crippen LogP contribution in [0.3, 0.4) is 0 Å². The van der Waals surface area contributed by atoms with Gasteiger partial charge in [-0.15, -0.1) is 0 Å². The molecule has 1 aromatic carbocycles. The van der Waals surface area contributed by atoms with Crippen LogP contribution in [-0.4, -0.2) is 4.98 Å². The fourth-order valence-corrected chi connectivity index (χ4v) is 1.63. The van der Waals surface area contributed by atoms with Gasteiger partial charge in [-0.25, -0.2) is 13.8 Å². The van der Waals surface area contributed by atoms with Gasteiger partial charge in [0.1, 0.15) is 17.5 Å². The zero-order chi connectivity index (χ0) is 12.4. The molecule has 1 N–H and O–H groups in total. The normalized spacial score (nSPS) is 10.4. The smallest absolute Gasteiger partial charge is 0.148 e. The van der Waals surface area contributed by atoms with Crippen LogP contribution in [0.25, 0.3) is 0 Å². The molecule has 0 aliphatic heterocycles. The molecule has 0 unspecified atom stereocenters. The Morgan fingerprint density at radius 3 is 2.59 bits per heavy atom. The molecule has 0 fully saturated rings. The lowest BCUT2D eigenvalue weighted by atomic mass is 10.3. The Balaban J connectivity index is 2.30. The summed E-state index contributed by atoms with van der Waals surface area (Å²) in [5.74, 6) is -0.743. The van der Waals surface area contributed by atoms with E-state index in [1.54, 1.807) is 12.1 Å². The molecule has 17 heavy (non-hydrogen) atoms. The van der Waals surface area contributed by atoms with Crippen LogP contribution in [-0.2, 0) is 0 Å². The van der Waals surface area contributed by atoms with Crippen molar-refractivity contribution in [3.8, 4) is 0 Å². The van der Waals surface area contributed by atoms with E-state index in [1.807, 2.05) is 0 Å². The molecular weight excluding hydrogens is 313 g/mol. The number of aromatic nitrogens is 1. The van der Waals surface area contributed by atoms with Crippen LogP contribution in [0.5, 0.6) is 0 Å². The van der Waals surface area contributed by atoms with Gasteiger partial charge >= 0.3 is 0 Å². The summed E-state index contributed by atoms with van der Waals surface area (Å²) in [6.45, 7) is 0. The Hall–Kier alpha value is -1.20. The molecule has 0 amide bonds. The number of hydrogen-bond acceptors (Lipinski definition) is 2. The summed E-state index contributed by atoms with van der Waals surface area (Å²) in [5.41, 5.74) is 0.0144. The fraction of sp³-hybridized carbons (Fsp3) is 0. The topological polar surface area (TPSA) is 24.9 Å². The Morgan fingerprint density at radius 1 is 1.18 bits per heavy atom. The number of pyridine rings is 1. The molecular formula is C11H6BrClF2N2. The van der Waals surface area contributed by atoms with Gasteiger partial charge in [0.25, 0.3) is 0 Å². The van der Waals surface area contributed by atoms with E-state index in [0.29, 0.717) is 10.8 Å². The van der Waals surface area contributed by atoms with Crippen molar-refractivity contribution >= 4 is 39.0 Å². The molecule has 0 aliphatic rings. The van der Waals surface area contributed by atoms with Crippen LogP contribution in [0.15, 0.2) is 34.9 Å². The Bertz CT molecular complexity index is 546. The minimum Gasteiger partial charge on any atom is -0.338 e. The molecule has 2 rings (SSSR count). The van der Waals surface area contributed by atoms with Crippen LogP contribution >= 0.6 is 27.5 Å². The van der Waals surface area contributed by atoms with E-state index >= 15 is 0 Å². The van der Waals surface area contributed by atoms with Crippen LogP contribution in [0.4, 0.5) is 20.3 Å². The Labute approximate surface area is 110 Å². The van der Waals surface area contributed by atoms with Crippen molar-refractivity contribution in [3.05, 3.63) is 51.6 Å². The number of nitrogens with zero attached hydrogens (tertiary/aromatic N) is 1. The predicted molar refractivity (Wildman–Crippen MR) is 66.6 cm³/mol. The van der Waals surface area contributed by atoms with Gasteiger partial charge in [-0.1, -0.05) is 11.6 Å². The lowest BCUT2D eigenvalue weighted by molar-refractivity contribution is 0.598. The van der Waals surface area contributed by atoms with Crippen molar-refractivity contribution in [2.75, 3.05) is 5.32 Å². The van der Waals surface area contributed by atoms with E-state index in [2.05, 4.69) is 26.2 Å². The first kappa shape index (κ1) is 12.3. The molecule has 6 heteroatoms. The highest BCUT2D eigenvalue weighted by Gasteiger charge is 2.08. The van der Waals surface area contributed by atoms with E-state index in [-0.39, 0.29) is 10.2 Å². The molecule has 1 aromatic heterocycles. The summed E-state index contributed by atoms with van der Waals surface area (Å²) >= 11 is 8.56. The summed E-state index contributed by atoms with van der Waals surface area (Å²) in [7, 11) is 0. The van der Waals surface area contributed by atoms with Gasteiger partial charge in [-0.05, 0) is 34.1 Å². The second-order valence-electron chi connectivity index (χ2n) is 3.23. The van der Waals surface area contributed by atoms with Crippen LogP contribution in [0, 0.1) is 11.6 Å². The third-order valence-electron chi connectivity index (χ3n) is 2.00. The maximum Gasteiger partial charge on any atom is 0.148 e. The van der Waals surface area contributed by atoms with Crippen molar-refractivity contribution in [1.82, 2.24) is 4.98 Å². The molecule has 0 atom stereocenters. The summed E-state index contributed by atoms with van der Waals surface area (Å²) in [5, 5.41) is 3.13. The van der Waals surface area contributed by atoms with E-state index in [9.17, 15) is 8.78 Å². The Morgan fingerprint density at radius 2 is 1.94 bits per heavy atom. The predicted octanol–water partition coefficient (Wildman–Crippen LogP) is 4.52. The van der Waals surface area contributed by atoms with Gasteiger partial charge < -0.3 is 5.32 Å². The monoisotopic (exact) mass is 318 g/mol. The molecule has 2 aromatic rings. The van der Waals surface area contributed by atoms with E-state index in [1.165, 1.54) is 6.20 Å². The minimum absolute atomic E-state index is 0.0144. The molecule has 0 bridgehead atoms. The van der Waals surface area contributed by atoms with E-state index < -0.39 is 11.6 Å². The van der Waals surface area contributed by atoms with Gasteiger partial charge in [-0.2, -0.15) is 0 Å². The molecule has 88 valence electrons. The van der Waals surface area contributed by atoms with E-state index in [0.717, 1.165) is 12.1 Å². The van der Waals surface area contributed by atoms with Gasteiger partial charge in [0, 0.05) is 12.3 Å². The minimum atomic E-state index is -0.574. The maximum atomic E-state index is 13.5. The molecule has 2 nitrogen and oxygen atoms in total. The molecule has 0 saturated carbocycles. The lowest BCUT2D eigenvalue weighted by Crippen LogP contribution is -1.97. The third kappa shape index (κ3) is 2.92. The summed E-state index contributed by atoms with van der Waals surface area (Å²) in [4.78, 5) is 3.92. The quantitative estimate of drug-likeness (QED) is 0.823. The number of anilines is 2. The number of rotatable bonds is 2. The summed E-state index contributed by atoms with van der Waals surface area (Å²) < 4.78 is 26.8. The number of halogens is 4. The van der Waals surface area contributed by atoms with Crippen molar-refractivity contribution < 1.29 is 8.78 Å². The van der Waals surface area contributed by atoms with Gasteiger partial charge in [-0.3, -0.25) is 0 Å². The number of hydrogen-bond donors (Lipinski definition) is 1. The third-order valence-corrected chi connectivity index (χ3v) is 2.83. The molecule has 0 radical (unpaired) electrons. The fourth-order valence-electron chi connectivity index (χ4n) is 1.21. The zero-order valence-electron chi connectivity index (χ0n) is 8.35. The lowest BCUT2D eigenvalue weighted by Gasteiger charge is -2.07. The summed E-state index contributed by atoms with van der Waals surface area (Å²) in [6, 6.07) is 5.27. The van der Waals surface area contributed by atoms with Gasteiger partial charge in [0.05, 0.1) is 15.2 Å². The van der Waals surface area contributed by atoms with Crippen LogP contribution in [0.1, 0.15) is 0 Å². The zero-order valence-corrected chi connectivity index (χ0v) is 10.7. The van der Waals surface area contributed by atoms with Crippen LogP contribution < -0.4 is 5.32 Å². The first-order valence-electron chi connectivity index (χ1n) is 4.59. The molecule has 1 heterocycles. The van der Waals surface area contributed by atoms with Crippen molar-refractivity contribution in [2.24, 2.45) is 0 Å². The SMILES string of the molecule is Fc1cc(Nc2ccc(Cl)cn2)c(F)cc1Br. The molecule has 0 spiro atoms. The van der Waals surface area contributed by atoms with Gasteiger partial charge in [0.2, 0.25) is 0 Å².